The second-order valence-electron chi connectivity index (χ2n) is 9.84. The van der Waals surface area contributed by atoms with E-state index < -0.39 is 5.97 Å². The van der Waals surface area contributed by atoms with Crippen LogP contribution >= 0.6 is 11.3 Å². The molecule has 31 heavy (non-hydrogen) atoms. The molecule has 0 radical (unpaired) electrons. The molecule has 1 heterocycles. The number of carboxylic acid groups (broad SMARTS) is 1. The van der Waals surface area contributed by atoms with Gasteiger partial charge >= 0.3 is 5.97 Å². The molecule has 2 aromatic carbocycles. The summed E-state index contributed by atoms with van der Waals surface area (Å²) in [7, 11) is 0. The van der Waals surface area contributed by atoms with Crippen molar-refractivity contribution in [1.29, 1.82) is 0 Å². The molecule has 4 fully saturated rings. The predicted molar refractivity (Wildman–Crippen MR) is 121 cm³/mol. The van der Waals surface area contributed by atoms with E-state index in [1.54, 1.807) is 23.5 Å². The Morgan fingerprint density at radius 2 is 1.55 bits per heavy atom. The number of carbonyl (C=O) groups is 1. The molecule has 1 aromatic heterocycles. The van der Waals surface area contributed by atoms with Crippen molar-refractivity contribution in [1.82, 2.24) is 4.98 Å². The van der Waals surface area contributed by atoms with E-state index in [9.17, 15) is 9.90 Å². The zero-order valence-electron chi connectivity index (χ0n) is 17.3. The van der Waals surface area contributed by atoms with Crippen LogP contribution in [0.3, 0.4) is 0 Å². The first kappa shape index (κ1) is 19.1. The number of benzene rings is 2. The molecule has 4 bridgehead atoms. The van der Waals surface area contributed by atoms with Crippen LogP contribution in [0.4, 0.5) is 0 Å². The van der Waals surface area contributed by atoms with Crippen molar-refractivity contribution in [2.45, 2.75) is 43.9 Å². The van der Waals surface area contributed by atoms with Crippen LogP contribution in [0.5, 0.6) is 5.75 Å². The summed E-state index contributed by atoms with van der Waals surface area (Å²) >= 11 is 1.60. The van der Waals surface area contributed by atoms with Gasteiger partial charge in [0, 0.05) is 17.3 Å². The molecule has 4 aliphatic carbocycles. The van der Waals surface area contributed by atoms with Gasteiger partial charge < -0.3 is 10.2 Å². The highest BCUT2D eigenvalue weighted by molar-refractivity contribution is 7.18. The Morgan fingerprint density at radius 3 is 2.16 bits per heavy atom. The van der Waals surface area contributed by atoms with Gasteiger partial charge in [-0.15, -0.1) is 11.3 Å². The fraction of sp³-hybridized carbons (Fsp3) is 0.385. The number of aromatic carboxylic acids is 1. The van der Waals surface area contributed by atoms with Gasteiger partial charge in [-0.25, -0.2) is 9.78 Å². The van der Waals surface area contributed by atoms with Gasteiger partial charge in [-0.1, -0.05) is 12.1 Å². The molecule has 4 saturated carbocycles. The second-order valence-corrected chi connectivity index (χ2v) is 10.9. The Morgan fingerprint density at radius 1 is 0.935 bits per heavy atom. The Bertz CT molecular complexity index is 1130. The number of phenols is 1. The number of hydrogen-bond donors (Lipinski definition) is 2. The Balaban J connectivity index is 1.34. The van der Waals surface area contributed by atoms with Crippen LogP contribution in [-0.2, 0) is 5.41 Å². The summed E-state index contributed by atoms with van der Waals surface area (Å²) in [6.45, 7) is 0. The molecule has 0 amide bonds. The van der Waals surface area contributed by atoms with Crippen LogP contribution in [0.1, 0.15) is 54.4 Å². The van der Waals surface area contributed by atoms with Crippen LogP contribution in [0.25, 0.3) is 21.0 Å². The molecule has 4 nitrogen and oxygen atoms in total. The maximum Gasteiger partial charge on any atom is 0.335 e. The Kier molecular flexibility index (Phi) is 4.26. The number of aromatic nitrogens is 1. The first-order valence-corrected chi connectivity index (χ1v) is 11.9. The summed E-state index contributed by atoms with van der Waals surface area (Å²) in [6, 6.07) is 12.9. The standard InChI is InChI=1S/C26H25NO3S/c28-22-6-5-20(10-21(22)26-11-15-7-16(12-26)9-17(8-15)13-26)23-14-27-24(31-23)18-1-3-19(4-2-18)25(29)30/h1-6,10,14-17,28H,7-9,11-13H2,(H,29,30). The number of hydrogen-bond acceptors (Lipinski definition) is 4. The normalized spacial score (nSPS) is 28.7. The lowest BCUT2D eigenvalue weighted by molar-refractivity contribution is -0.00611. The highest BCUT2D eigenvalue weighted by Gasteiger charge is 2.52. The zero-order valence-corrected chi connectivity index (χ0v) is 18.1. The second kappa shape index (κ2) is 6.92. The number of nitrogens with zero attached hydrogens (tertiary/aromatic N) is 1. The molecule has 4 aliphatic rings. The molecular weight excluding hydrogens is 406 g/mol. The highest BCUT2D eigenvalue weighted by Crippen LogP contribution is 2.62. The number of thiazole rings is 1. The molecule has 158 valence electrons. The number of phenolic OH excluding ortho intramolecular Hbond substituents is 1. The molecule has 0 saturated heterocycles. The smallest absolute Gasteiger partial charge is 0.335 e. The van der Waals surface area contributed by atoms with Gasteiger partial charge in [0.1, 0.15) is 10.8 Å². The van der Waals surface area contributed by atoms with E-state index in [0.29, 0.717) is 5.75 Å². The van der Waals surface area contributed by atoms with Gasteiger partial charge in [0.2, 0.25) is 0 Å². The molecule has 2 N–H and O–H groups in total. The van der Waals surface area contributed by atoms with Crippen molar-refractivity contribution in [3.63, 3.8) is 0 Å². The van der Waals surface area contributed by atoms with Crippen LogP contribution in [0, 0.1) is 17.8 Å². The van der Waals surface area contributed by atoms with Gasteiger partial charge in [-0.2, -0.15) is 0 Å². The van der Waals surface area contributed by atoms with Crippen molar-refractivity contribution >= 4 is 17.3 Å². The van der Waals surface area contributed by atoms with Gasteiger partial charge in [-0.05, 0) is 97.6 Å². The quantitative estimate of drug-likeness (QED) is 0.505. The maximum absolute atomic E-state index is 11.1. The molecule has 0 aliphatic heterocycles. The number of carboxylic acids is 1. The average molecular weight is 432 g/mol. The number of rotatable bonds is 4. The van der Waals surface area contributed by atoms with Crippen molar-refractivity contribution < 1.29 is 15.0 Å². The molecule has 3 aromatic rings. The third-order valence-corrected chi connectivity index (χ3v) is 8.87. The summed E-state index contributed by atoms with van der Waals surface area (Å²) in [6.07, 6.45) is 9.72. The van der Waals surface area contributed by atoms with Crippen LogP contribution < -0.4 is 0 Å². The summed E-state index contributed by atoms with van der Waals surface area (Å²) < 4.78 is 0. The summed E-state index contributed by atoms with van der Waals surface area (Å²) in [5.41, 5.74) is 3.59. The van der Waals surface area contributed by atoms with E-state index in [-0.39, 0.29) is 11.0 Å². The first-order chi connectivity index (χ1) is 15.0. The van der Waals surface area contributed by atoms with Crippen molar-refractivity contribution in [2.24, 2.45) is 17.8 Å². The molecule has 0 atom stereocenters. The predicted octanol–water partition coefficient (Wildman–Crippen LogP) is 6.35. The lowest BCUT2D eigenvalue weighted by Crippen LogP contribution is -2.48. The SMILES string of the molecule is O=C(O)c1ccc(-c2ncc(-c3ccc(O)c(C45CC6CC(CC(C6)C4)C5)c3)s2)cc1. The minimum atomic E-state index is -0.923. The van der Waals surface area contributed by atoms with Crippen molar-refractivity contribution in [3.05, 3.63) is 59.8 Å². The van der Waals surface area contributed by atoms with Crippen molar-refractivity contribution in [2.75, 3.05) is 0 Å². The minimum Gasteiger partial charge on any atom is -0.508 e. The van der Waals surface area contributed by atoms with E-state index >= 15 is 0 Å². The fourth-order valence-corrected chi connectivity index (χ4v) is 7.77. The summed E-state index contributed by atoms with van der Waals surface area (Å²) in [4.78, 5) is 16.8. The minimum absolute atomic E-state index is 0.148. The molecule has 0 spiro atoms. The van der Waals surface area contributed by atoms with Gasteiger partial charge in [0.05, 0.1) is 10.4 Å². The fourth-order valence-electron chi connectivity index (χ4n) is 6.85. The third-order valence-electron chi connectivity index (χ3n) is 7.78. The van der Waals surface area contributed by atoms with Gasteiger partial charge in [0.25, 0.3) is 0 Å². The molecule has 5 heteroatoms. The zero-order chi connectivity index (χ0) is 21.2. The van der Waals surface area contributed by atoms with E-state index in [4.69, 9.17) is 5.11 Å². The topological polar surface area (TPSA) is 70.4 Å². The lowest BCUT2D eigenvalue weighted by Gasteiger charge is -2.57. The maximum atomic E-state index is 11.1. The summed E-state index contributed by atoms with van der Waals surface area (Å²) in [5.74, 6) is 2.02. The van der Waals surface area contributed by atoms with E-state index in [2.05, 4.69) is 11.1 Å². The average Bonchev–Trinajstić information content (AvgIpc) is 3.23. The molecular formula is C26H25NO3S. The van der Waals surface area contributed by atoms with Crippen LogP contribution in [0.15, 0.2) is 48.7 Å². The number of aromatic hydroxyl groups is 1. The van der Waals surface area contributed by atoms with Gasteiger partial charge in [0.15, 0.2) is 0 Å². The monoisotopic (exact) mass is 431 g/mol. The van der Waals surface area contributed by atoms with E-state index in [1.165, 1.54) is 38.5 Å². The largest absolute Gasteiger partial charge is 0.508 e. The summed E-state index contributed by atoms with van der Waals surface area (Å²) in [5, 5.41) is 20.8. The van der Waals surface area contributed by atoms with Crippen LogP contribution in [-0.4, -0.2) is 21.2 Å². The van der Waals surface area contributed by atoms with Crippen molar-refractivity contribution in [3.8, 4) is 26.8 Å². The Labute approximate surface area is 185 Å². The van der Waals surface area contributed by atoms with Crippen LogP contribution in [0.2, 0.25) is 0 Å². The molecule has 7 rings (SSSR count). The van der Waals surface area contributed by atoms with E-state index in [1.807, 2.05) is 30.5 Å². The van der Waals surface area contributed by atoms with Gasteiger partial charge in [-0.3, -0.25) is 0 Å². The first-order valence-electron chi connectivity index (χ1n) is 11.1. The lowest BCUT2D eigenvalue weighted by atomic mass is 9.48. The third kappa shape index (κ3) is 3.18. The highest BCUT2D eigenvalue weighted by atomic mass is 32.1. The Hall–Kier alpha value is -2.66. The molecule has 0 unspecified atom stereocenters. The van der Waals surface area contributed by atoms with E-state index in [0.717, 1.165) is 44.3 Å².